The van der Waals surface area contributed by atoms with Crippen LogP contribution < -0.4 is 20.5 Å². The van der Waals surface area contributed by atoms with E-state index < -0.39 is 6.09 Å². The van der Waals surface area contributed by atoms with Crippen molar-refractivity contribution in [3.8, 4) is 11.5 Å². The molecule has 20 heavy (non-hydrogen) atoms. The SMILES string of the molecule is NC(=O)Oc1ccc2c(c1)NC(c1ccnc(Br)c1)O2. The van der Waals surface area contributed by atoms with Crippen LogP contribution in [-0.4, -0.2) is 11.1 Å². The number of carbonyl (C=O) groups excluding carboxylic acids is 1. The van der Waals surface area contributed by atoms with Gasteiger partial charge in [-0.15, -0.1) is 0 Å². The van der Waals surface area contributed by atoms with Gasteiger partial charge < -0.3 is 20.5 Å². The molecule has 1 unspecified atom stereocenters. The topological polar surface area (TPSA) is 86.5 Å². The Morgan fingerprint density at radius 1 is 1.40 bits per heavy atom. The second kappa shape index (κ2) is 5.01. The predicted octanol–water partition coefficient (Wildman–Crippen LogP) is 2.80. The molecule has 0 saturated carbocycles. The van der Waals surface area contributed by atoms with Gasteiger partial charge in [0.05, 0.1) is 5.69 Å². The van der Waals surface area contributed by atoms with Crippen LogP contribution >= 0.6 is 15.9 Å². The number of anilines is 1. The maximum atomic E-state index is 10.7. The lowest BCUT2D eigenvalue weighted by Crippen LogP contribution is -2.16. The number of aromatic nitrogens is 1. The number of carbonyl (C=O) groups is 1. The van der Waals surface area contributed by atoms with E-state index in [0.29, 0.717) is 11.5 Å². The zero-order chi connectivity index (χ0) is 14.1. The Balaban J connectivity index is 1.83. The van der Waals surface area contributed by atoms with E-state index in [4.69, 9.17) is 15.2 Å². The summed E-state index contributed by atoms with van der Waals surface area (Å²) >= 11 is 3.32. The molecule has 1 aromatic carbocycles. The number of benzene rings is 1. The number of pyridine rings is 1. The molecule has 2 aromatic rings. The molecular weight excluding hydrogens is 326 g/mol. The molecule has 7 heteroatoms. The number of hydrogen-bond acceptors (Lipinski definition) is 5. The molecule has 3 N–H and O–H groups in total. The average Bonchev–Trinajstić information content (AvgIpc) is 2.81. The van der Waals surface area contributed by atoms with E-state index in [1.807, 2.05) is 12.1 Å². The smallest absolute Gasteiger partial charge is 0.409 e. The number of nitrogens with one attached hydrogen (secondary N) is 1. The van der Waals surface area contributed by atoms with Crippen molar-refractivity contribution in [1.82, 2.24) is 4.98 Å². The van der Waals surface area contributed by atoms with Crippen LogP contribution in [-0.2, 0) is 0 Å². The molecule has 1 amide bonds. The summed E-state index contributed by atoms with van der Waals surface area (Å²) in [5.41, 5.74) is 6.65. The van der Waals surface area contributed by atoms with Crippen molar-refractivity contribution < 1.29 is 14.3 Å². The van der Waals surface area contributed by atoms with E-state index in [0.717, 1.165) is 15.9 Å². The van der Waals surface area contributed by atoms with Gasteiger partial charge in [-0.1, -0.05) is 0 Å². The number of nitrogens with zero attached hydrogens (tertiary/aromatic N) is 1. The van der Waals surface area contributed by atoms with E-state index in [-0.39, 0.29) is 6.23 Å². The van der Waals surface area contributed by atoms with E-state index >= 15 is 0 Å². The summed E-state index contributed by atoms with van der Waals surface area (Å²) in [4.78, 5) is 14.8. The van der Waals surface area contributed by atoms with Gasteiger partial charge in [0.1, 0.15) is 16.1 Å². The average molecular weight is 336 g/mol. The molecule has 0 saturated heterocycles. The lowest BCUT2D eigenvalue weighted by molar-refractivity contribution is 0.211. The standard InChI is InChI=1S/C13H10BrN3O3/c14-11-5-7(3-4-16-11)12-17-9-6-8(19-13(15)18)1-2-10(9)20-12/h1-6,12,17H,(H2,15,18). The maximum Gasteiger partial charge on any atom is 0.409 e. The van der Waals surface area contributed by atoms with Gasteiger partial charge in [-0.2, -0.15) is 0 Å². The van der Waals surface area contributed by atoms with E-state index in [2.05, 4.69) is 26.2 Å². The molecule has 1 aromatic heterocycles. The van der Waals surface area contributed by atoms with Crippen molar-refractivity contribution >= 4 is 27.7 Å². The molecule has 0 radical (unpaired) electrons. The van der Waals surface area contributed by atoms with Crippen LogP contribution in [0.1, 0.15) is 11.8 Å². The van der Waals surface area contributed by atoms with Crippen LogP contribution in [0.3, 0.4) is 0 Å². The van der Waals surface area contributed by atoms with Crippen LogP contribution in [0, 0.1) is 0 Å². The van der Waals surface area contributed by atoms with Crippen molar-refractivity contribution in [1.29, 1.82) is 0 Å². The van der Waals surface area contributed by atoms with Crippen molar-refractivity contribution in [2.24, 2.45) is 5.73 Å². The summed E-state index contributed by atoms with van der Waals surface area (Å²) < 4.78 is 11.3. The summed E-state index contributed by atoms with van der Waals surface area (Å²) in [7, 11) is 0. The molecule has 102 valence electrons. The number of rotatable bonds is 2. The van der Waals surface area contributed by atoms with Gasteiger partial charge in [0.15, 0.2) is 6.23 Å². The molecule has 6 nitrogen and oxygen atoms in total. The van der Waals surface area contributed by atoms with Gasteiger partial charge in [0, 0.05) is 17.8 Å². The summed E-state index contributed by atoms with van der Waals surface area (Å²) in [5.74, 6) is 1.05. The Kier molecular flexibility index (Phi) is 3.19. The number of fused-ring (bicyclic) bond motifs is 1. The molecule has 1 aliphatic rings. The zero-order valence-electron chi connectivity index (χ0n) is 10.2. The minimum Gasteiger partial charge on any atom is -0.464 e. The number of hydrogen-bond donors (Lipinski definition) is 2. The Morgan fingerprint density at radius 3 is 3.00 bits per heavy atom. The highest BCUT2D eigenvalue weighted by Gasteiger charge is 2.24. The van der Waals surface area contributed by atoms with E-state index in [1.165, 1.54) is 0 Å². The first kappa shape index (κ1) is 12.7. The Morgan fingerprint density at radius 2 is 2.25 bits per heavy atom. The molecule has 1 aliphatic heterocycles. The Hall–Kier alpha value is -2.28. The largest absolute Gasteiger partial charge is 0.464 e. The molecule has 0 bridgehead atoms. The van der Waals surface area contributed by atoms with Gasteiger partial charge in [-0.05, 0) is 40.2 Å². The third-order valence-electron chi connectivity index (χ3n) is 2.75. The number of nitrogens with two attached hydrogens (primary N) is 1. The molecular formula is C13H10BrN3O3. The number of ether oxygens (including phenoxy) is 2. The maximum absolute atomic E-state index is 10.7. The lowest BCUT2D eigenvalue weighted by Gasteiger charge is -2.11. The van der Waals surface area contributed by atoms with Crippen molar-refractivity contribution in [2.75, 3.05) is 5.32 Å². The van der Waals surface area contributed by atoms with Crippen LogP contribution in [0.4, 0.5) is 10.5 Å². The van der Waals surface area contributed by atoms with E-state index in [1.54, 1.807) is 24.4 Å². The van der Waals surface area contributed by atoms with Gasteiger partial charge >= 0.3 is 6.09 Å². The van der Waals surface area contributed by atoms with Crippen LogP contribution in [0.2, 0.25) is 0 Å². The Bertz CT molecular complexity index is 678. The van der Waals surface area contributed by atoms with Gasteiger partial charge in [0.25, 0.3) is 0 Å². The van der Waals surface area contributed by atoms with Crippen molar-refractivity contribution in [3.05, 3.63) is 46.7 Å². The fraction of sp³-hybridized carbons (Fsp3) is 0.0769. The summed E-state index contributed by atoms with van der Waals surface area (Å²) in [6.07, 6.45) is 0.529. The van der Waals surface area contributed by atoms with E-state index in [9.17, 15) is 4.79 Å². The monoisotopic (exact) mass is 335 g/mol. The molecule has 2 heterocycles. The van der Waals surface area contributed by atoms with Gasteiger partial charge in [-0.3, -0.25) is 0 Å². The molecule has 0 spiro atoms. The molecule has 0 fully saturated rings. The van der Waals surface area contributed by atoms with Crippen LogP contribution in [0.25, 0.3) is 0 Å². The first-order valence-electron chi connectivity index (χ1n) is 5.78. The van der Waals surface area contributed by atoms with Crippen molar-refractivity contribution in [3.63, 3.8) is 0 Å². The highest BCUT2D eigenvalue weighted by atomic mass is 79.9. The normalized spacial score (nSPS) is 15.9. The highest BCUT2D eigenvalue weighted by molar-refractivity contribution is 9.10. The molecule has 3 rings (SSSR count). The molecule has 0 aliphatic carbocycles. The second-order valence-electron chi connectivity index (χ2n) is 4.13. The number of halogens is 1. The fourth-order valence-corrected chi connectivity index (χ4v) is 2.32. The summed E-state index contributed by atoms with van der Waals surface area (Å²) in [6, 6.07) is 8.72. The van der Waals surface area contributed by atoms with Gasteiger partial charge in [0.2, 0.25) is 0 Å². The highest BCUT2D eigenvalue weighted by Crippen LogP contribution is 2.40. The first-order chi connectivity index (χ1) is 9.61. The predicted molar refractivity (Wildman–Crippen MR) is 75.6 cm³/mol. The van der Waals surface area contributed by atoms with Gasteiger partial charge in [-0.25, -0.2) is 9.78 Å². The van der Waals surface area contributed by atoms with Crippen molar-refractivity contribution in [2.45, 2.75) is 6.23 Å². The molecule has 1 atom stereocenters. The summed E-state index contributed by atoms with van der Waals surface area (Å²) in [5, 5.41) is 3.19. The fourth-order valence-electron chi connectivity index (χ4n) is 1.93. The lowest BCUT2D eigenvalue weighted by atomic mass is 10.2. The minimum absolute atomic E-state index is 0.312. The second-order valence-corrected chi connectivity index (χ2v) is 4.95. The van der Waals surface area contributed by atoms with Crippen LogP contribution in [0.15, 0.2) is 41.1 Å². The Labute approximate surface area is 123 Å². The number of amides is 1. The quantitative estimate of drug-likeness (QED) is 0.824. The summed E-state index contributed by atoms with van der Waals surface area (Å²) in [6.45, 7) is 0. The zero-order valence-corrected chi connectivity index (χ0v) is 11.8. The van der Waals surface area contributed by atoms with Crippen LogP contribution in [0.5, 0.6) is 11.5 Å². The third kappa shape index (κ3) is 2.53. The number of primary amides is 1. The minimum atomic E-state index is -0.849. The third-order valence-corrected chi connectivity index (χ3v) is 3.19. The first-order valence-corrected chi connectivity index (χ1v) is 6.57.